The number of aromatic nitrogens is 1. The quantitative estimate of drug-likeness (QED) is 0.859. The number of aliphatic hydroxyl groups is 1. The molecule has 0 fully saturated rings. The van der Waals surface area contributed by atoms with Gasteiger partial charge in [-0.1, -0.05) is 19.1 Å². The van der Waals surface area contributed by atoms with Gasteiger partial charge in [0.1, 0.15) is 11.5 Å². The number of hydrogen-bond acceptors (Lipinski definition) is 4. The highest BCUT2D eigenvalue weighted by atomic mass is 32.1. The minimum absolute atomic E-state index is 0.0172. The summed E-state index contributed by atoms with van der Waals surface area (Å²) < 4.78 is 13.2. The molecule has 0 aliphatic heterocycles. The molecule has 2 atom stereocenters. The lowest BCUT2D eigenvalue weighted by molar-refractivity contribution is 0.0911. The molecule has 1 heterocycles. The maximum absolute atomic E-state index is 13.2. The van der Waals surface area contributed by atoms with Crippen LogP contribution in [0.5, 0.6) is 0 Å². The predicted molar refractivity (Wildman–Crippen MR) is 84.5 cm³/mol. The van der Waals surface area contributed by atoms with Gasteiger partial charge in [0.05, 0.1) is 5.01 Å². The zero-order valence-electron chi connectivity index (χ0n) is 12.5. The number of thiazole rings is 1. The van der Waals surface area contributed by atoms with Crippen molar-refractivity contribution in [2.24, 2.45) is 5.92 Å². The van der Waals surface area contributed by atoms with Crippen LogP contribution in [0.2, 0.25) is 0 Å². The van der Waals surface area contributed by atoms with Crippen LogP contribution in [0.3, 0.4) is 0 Å². The monoisotopic (exact) mass is 322 g/mol. The van der Waals surface area contributed by atoms with Crippen LogP contribution in [-0.4, -0.2) is 28.6 Å². The van der Waals surface area contributed by atoms with Gasteiger partial charge in [-0.2, -0.15) is 0 Å². The fourth-order valence-corrected chi connectivity index (χ4v) is 2.71. The molecule has 0 radical (unpaired) electrons. The van der Waals surface area contributed by atoms with Gasteiger partial charge < -0.3 is 10.4 Å². The molecule has 1 aromatic carbocycles. The Morgan fingerprint density at radius 1 is 1.45 bits per heavy atom. The number of carbonyl (C=O) groups is 1. The number of nitrogens with zero attached hydrogens (tertiary/aromatic N) is 1. The minimum Gasteiger partial charge on any atom is -0.396 e. The first-order valence-electron chi connectivity index (χ1n) is 7.10. The van der Waals surface area contributed by atoms with Gasteiger partial charge in [-0.15, -0.1) is 11.3 Å². The number of halogens is 1. The second-order valence-corrected chi connectivity index (χ2v) is 6.30. The number of nitrogens with one attached hydrogen (secondary N) is 1. The van der Waals surface area contributed by atoms with Gasteiger partial charge in [0.2, 0.25) is 0 Å². The van der Waals surface area contributed by atoms with Crippen molar-refractivity contribution in [2.75, 3.05) is 6.61 Å². The summed E-state index contributed by atoms with van der Waals surface area (Å²) in [6, 6.07) is 6.21. The van der Waals surface area contributed by atoms with E-state index in [1.54, 1.807) is 11.4 Å². The van der Waals surface area contributed by atoms with E-state index >= 15 is 0 Å². The minimum atomic E-state index is -0.279. The van der Waals surface area contributed by atoms with Gasteiger partial charge in [-0.25, -0.2) is 9.37 Å². The van der Waals surface area contributed by atoms with Gasteiger partial charge in [-0.05, 0) is 30.5 Å². The molecule has 6 heteroatoms. The Kier molecular flexibility index (Phi) is 5.63. The average Bonchev–Trinajstić information content (AvgIpc) is 2.95. The standard InChI is InChI=1S/C16H19FN2O2S/c1-10(8-20)11(2)18-16(21)14-9-22-15(19-14)7-12-4-3-5-13(17)6-12/h3-6,9-11,20H,7-8H2,1-2H3,(H,18,21). The van der Waals surface area contributed by atoms with E-state index in [9.17, 15) is 9.18 Å². The van der Waals surface area contributed by atoms with Crippen molar-refractivity contribution in [2.45, 2.75) is 26.3 Å². The van der Waals surface area contributed by atoms with Crippen molar-refractivity contribution >= 4 is 17.2 Å². The Hall–Kier alpha value is -1.79. The highest BCUT2D eigenvalue weighted by Crippen LogP contribution is 2.16. The molecule has 1 amide bonds. The summed E-state index contributed by atoms with van der Waals surface area (Å²) in [5, 5.41) is 14.4. The summed E-state index contributed by atoms with van der Waals surface area (Å²) in [6.45, 7) is 3.73. The summed E-state index contributed by atoms with van der Waals surface area (Å²) in [6.07, 6.45) is 0.498. The van der Waals surface area contributed by atoms with Crippen LogP contribution < -0.4 is 5.32 Å². The number of hydrogen-bond donors (Lipinski definition) is 2. The summed E-state index contributed by atoms with van der Waals surface area (Å²) in [7, 11) is 0. The summed E-state index contributed by atoms with van der Waals surface area (Å²) >= 11 is 1.38. The van der Waals surface area contributed by atoms with E-state index < -0.39 is 0 Å². The third-order valence-corrected chi connectivity index (χ3v) is 4.38. The van der Waals surface area contributed by atoms with Crippen LogP contribution in [0.1, 0.15) is 34.9 Å². The lowest BCUT2D eigenvalue weighted by atomic mass is 10.1. The first-order valence-corrected chi connectivity index (χ1v) is 7.98. The van der Waals surface area contributed by atoms with Crippen molar-refractivity contribution in [1.29, 1.82) is 0 Å². The number of benzene rings is 1. The Bertz CT molecular complexity index is 645. The molecule has 22 heavy (non-hydrogen) atoms. The Balaban J connectivity index is 2.00. The van der Waals surface area contributed by atoms with Crippen LogP contribution in [0, 0.1) is 11.7 Å². The number of amides is 1. The number of aliphatic hydroxyl groups excluding tert-OH is 1. The van der Waals surface area contributed by atoms with Crippen molar-refractivity contribution in [3.8, 4) is 0 Å². The third kappa shape index (κ3) is 4.35. The van der Waals surface area contributed by atoms with E-state index in [0.717, 1.165) is 10.6 Å². The summed E-state index contributed by atoms with van der Waals surface area (Å²) in [4.78, 5) is 16.4. The molecule has 0 aliphatic carbocycles. The zero-order chi connectivity index (χ0) is 16.1. The normalized spacial score (nSPS) is 13.6. The molecule has 0 aliphatic rings. The number of carbonyl (C=O) groups excluding carboxylic acids is 1. The van der Waals surface area contributed by atoms with Crippen molar-refractivity contribution in [1.82, 2.24) is 10.3 Å². The van der Waals surface area contributed by atoms with Crippen LogP contribution in [0.15, 0.2) is 29.6 Å². The maximum atomic E-state index is 13.2. The molecule has 4 nitrogen and oxygen atoms in total. The average molecular weight is 322 g/mol. The second-order valence-electron chi connectivity index (χ2n) is 5.36. The Labute approximate surface area is 133 Å². The highest BCUT2D eigenvalue weighted by Gasteiger charge is 2.17. The highest BCUT2D eigenvalue weighted by molar-refractivity contribution is 7.09. The molecular formula is C16H19FN2O2S. The molecule has 2 unspecified atom stereocenters. The van der Waals surface area contributed by atoms with E-state index in [-0.39, 0.29) is 30.3 Å². The topological polar surface area (TPSA) is 62.2 Å². The van der Waals surface area contributed by atoms with Crippen molar-refractivity contribution in [3.05, 3.63) is 51.7 Å². The SMILES string of the molecule is CC(CO)C(C)NC(=O)c1csc(Cc2cccc(F)c2)n1. The van der Waals surface area contributed by atoms with Gasteiger partial charge in [-0.3, -0.25) is 4.79 Å². The summed E-state index contributed by atoms with van der Waals surface area (Å²) in [5.74, 6) is -0.553. The van der Waals surface area contributed by atoms with Crippen LogP contribution in [0.4, 0.5) is 4.39 Å². The van der Waals surface area contributed by atoms with Gasteiger partial charge >= 0.3 is 0 Å². The number of rotatable bonds is 6. The molecular weight excluding hydrogens is 303 g/mol. The maximum Gasteiger partial charge on any atom is 0.270 e. The van der Waals surface area contributed by atoms with E-state index in [4.69, 9.17) is 5.11 Å². The Morgan fingerprint density at radius 2 is 2.23 bits per heavy atom. The fraction of sp³-hybridized carbons (Fsp3) is 0.375. The van der Waals surface area contributed by atoms with E-state index in [0.29, 0.717) is 12.1 Å². The third-order valence-electron chi connectivity index (χ3n) is 3.53. The molecule has 2 rings (SSSR count). The Morgan fingerprint density at radius 3 is 2.91 bits per heavy atom. The molecule has 2 aromatic rings. The molecule has 0 saturated heterocycles. The largest absolute Gasteiger partial charge is 0.396 e. The second kappa shape index (κ2) is 7.47. The molecule has 2 N–H and O–H groups in total. The van der Waals surface area contributed by atoms with E-state index in [1.807, 2.05) is 19.9 Å². The van der Waals surface area contributed by atoms with Gasteiger partial charge in [0, 0.05) is 24.4 Å². The molecule has 0 saturated carbocycles. The van der Waals surface area contributed by atoms with Crippen molar-refractivity contribution < 1.29 is 14.3 Å². The lowest BCUT2D eigenvalue weighted by Crippen LogP contribution is -2.38. The van der Waals surface area contributed by atoms with Gasteiger partial charge in [0.15, 0.2) is 0 Å². The van der Waals surface area contributed by atoms with Crippen LogP contribution in [0.25, 0.3) is 0 Å². The fourth-order valence-electron chi connectivity index (χ4n) is 1.90. The smallest absolute Gasteiger partial charge is 0.270 e. The zero-order valence-corrected chi connectivity index (χ0v) is 13.4. The molecule has 1 aromatic heterocycles. The van der Waals surface area contributed by atoms with E-state index in [1.165, 1.54) is 23.5 Å². The molecule has 0 bridgehead atoms. The van der Waals surface area contributed by atoms with Gasteiger partial charge in [0.25, 0.3) is 5.91 Å². The molecule has 0 spiro atoms. The molecule has 118 valence electrons. The lowest BCUT2D eigenvalue weighted by Gasteiger charge is -2.18. The van der Waals surface area contributed by atoms with Crippen LogP contribution >= 0.6 is 11.3 Å². The van der Waals surface area contributed by atoms with Crippen molar-refractivity contribution in [3.63, 3.8) is 0 Å². The first-order chi connectivity index (χ1) is 10.5. The van der Waals surface area contributed by atoms with E-state index in [2.05, 4.69) is 10.3 Å². The van der Waals surface area contributed by atoms with Crippen LogP contribution in [-0.2, 0) is 6.42 Å². The predicted octanol–water partition coefficient (Wildman–Crippen LogP) is 2.62. The summed E-state index contributed by atoms with van der Waals surface area (Å²) in [5.41, 5.74) is 1.18. The first kappa shape index (κ1) is 16.6.